The average molecular weight is 238 g/mol. The zero-order valence-electron chi connectivity index (χ0n) is 9.58. The molecule has 92 valence electrons. The maximum Gasteiger partial charge on any atom is 0.308 e. The van der Waals surface area contributed by atoms with Gasteiger partial charge in [-0.15, -0.1) is 0 Å². The molecule has 1 aromatic rings. The summed E-state index contributed by atoms with van der Waals surface area (Å²) in [5.41, 5.74) is 0.518. The van der Waals surface area contributed by atoms with Gasteiger partial charge in [-0.1, -0.05) is 6.07 Å². The van der Waals surface area contributed by atoms with Gasteiger partial charge in [0.25, 0.3) is 5.69 Å². The van der Waals surface area contributed by atoms with Crippen LogP contribution in [-0.2, 0) is 4.79 Å². The highest BCUT2D eigenvalue weighted by atomic mass is 16.6. The maximum absolute atomic E-state index is 10.8. The summed E-state index contributed by atoms with van der Waals surface area (Å²) in [6.07, 6.45) is 0. The Kier molecular flexibility index (Phi) is 4.03. The molecule has 0 aromatic heterocycles. The minimum Gasteiger partial charge on any atom is -0.481 e. The van der Waals surface area contributed by atoms with Gasteiger partial charge in [-0.2, -0.15) is 0 Å². The summed E-state index contributed by atoms with van der Waals surface area (Å²) in [4.78, 5) is 20.8. The Hall–Kier alpha value is -2.11. The van der Waals surface area contributed by atoms with E-state index in [1.165, 1.54) is 12.1 Å². The molecule has 1 rings (SSSR count). The minimum absolute atomic E-state index is 0.0230. The maximum atomic E-state index is 10.8. The second-order valence-electron chi connectivity index (χ2n) is 3.87. The number of carboxylic acid groups (broad SMARTS) is 1. The van der Waals surface area contributed by atoms with Gasteiger partial charge in [0.2, 0.25) is 0 Å². The van der Waals surface area contributed by atoms with Crippen LogP contribution in [0.25, 0.3) is 0 Å². The summed E-state index contributed by atoms with van der Waals surface area (Å²) >= 11 is 0. The van der Waals surface area contributed by atoms with Crippen LogP contribution < -0.4 is 5.32 Å². The molecule has 0 fully saturated rings. The van der Waals surface area contributed by atoms with Gasteiger partial charge in [-0.25, -0.2) is 0 Å². The summed E-state index contributed by atoms with van der Waals surface area (Å²) in [5, 5.41) is 22.3. The fourth-order valence-electron chi connectivity index (χ4n) is 1.31. The summed E-state index contributed by atoms with van der Waals surface area (Å²) in [5.74, 6) is -1.48. The number of aliphatic carboxylic acids is 1. The molecular formula is C11H14N2O4. The van der Waals surface area contributed by atoms with Gasteiger partial charge < -0.3 is 10.4 Å². The quantitative estimate of drug-likeness (QED) is 0.605. The Morgan fingerprint density at radius 3 is 2.65 bits per heavy atom. The highest BCUT2D eigenvalue weighted by Crippen LogP contribution is 2.19. The van der Waals surface area contributed by atoms with Crippen molar-refractivity contribution in [2.75, 3.05) is 5.32 Å². The lowest BCUT2D eigenvalue weighted by Crippen LogP contribution is -2.29. The second kappa shape index (κ2) is 5.29. The molecule has 2 atom stereocenters. The standard InChI is InChI=1S/C11H14N2O4/c1-7(11(14)15)8(2)12-9-4-3-5-10(6-9)13(16)17/h3-8,12H,1-2H3,(H,14,15). The molecule has 2 N–H and O–H groups in total. The Balaban J connectivity index is 2.78. The first-order valence-corrected chi connectivity index (χ1v) is 5.15. The van der Waals surface area contributed by atoms with Crippen molar-refractivity contribution in [3.63, 3.8) is 0 Å². The number of carboxylic acids is 1. The Bertz CT molecular complexity index is 433. The number of nitro groups is 1. The molecule has 0 saturated heterocycles. The van der Waals surface area contributed by atoms with E-state index < -0.39 is 16.8 Å². The zero-order chi connectivity index (χ0) is 13.0. The molecule has 0 heterocycles. The molecule has 0 aliphatic heterocycles. The summed E-state index contributed by atoms with van der Waals surface area (Å²) in [6.45, 7) is 3.30. The number of hydrogen-bond donors (Lipinski definition) is 2. The summed E-state index contributed by atoms with van der Waals surface area (Å²) < 4.78 is 0. The number of carbonyl (C=O) groups is 1. The lowest BCUT2D eigenvalue weighted by atomic mass is 10.0. The highest BCUT2D eigenvalue weighted by Gasteiger charge is 2.19. The molecule has 2 unspecified atom stereocenters. The van der Waals surface area contributed by atoms with Crippen LogP contribution in [0.3, 0.4) is 0 Å². The van der Waals surface area contributed by atoms with E-state index in [0.717, 1.165) is 0 Å². The number of non-ortho nitro benzene ring substituents is 1. The number of anilines is 1. The first-order chi connectivity index (χ1) is 7.91. The van der Waals surface area contributed by atoms with E-state index in [1.54, 1.807) is 26.0 Å². The Morgan fingerprint density at radius 2 is 2.12 bits per heavy atom. The molecule has 6 nitrogen and oxygen atoms in total. The van der Waals surface area contributed by atoms with Crippen molar-refractivity contribution in [3.8, 4) is 0 Å². The van der Waals surface area contributed by atoms with Gasteiger partial charge in [0, 0.05) is 23.9 Å². The van der Waals surface area contributed by atoms with E-state index in [0.29, 0.717) is 5.69 Å². The monoisotopic (exact) mass is 238 g/mol. The van der Waals surface area contributed by atoms with Gasteiger partial charge in [0.05, 0.1) is 10.8 Å². The van der Waals surface area contributed by atoms with Crippen LogP contribution in [0.5, 0.6) is 0 Å². The first kappa shape index (κ1) is 13.0. The first-order valence-electron chi connectivity index (χ1n) is 5.15. The van der Waals surface area contributed by atoms with Crippen LogP contribution in [0.4, 0.5) is 11.4 Å². The van der Waals surface area contributed by atoms with Crippen LogP contribution in [0, 0.1) is 16.0 Å². The fraction of sp³-hybridized carbons (Fsp3) is 0.364. The number of nitrogens with zero attached hydrogens (tertiary/aromatic N) is 1. The third-order valence-electron chi connectivity index (χ3n) is 2.59. The zero-order valence-corrected chi connectivity index (χ0v) is 9.58. The van der Waals surface area contributed by atoms with Gasteiger partial charge in [-0.05, 0) is 19.9 Å². The van der Waals surface area contributed by atoms with Crippen LogP contribution >= 0.6 is 0 Å². The summed E-state index contributed by atoms with van der Waals surface area (Å²) in [6, 6.07) is 5.67. The van der Waals surface area contributed by atoms with E-state index in [4.69, 9.17) is 5.11 Å². The van der Waals surface area contributed by atoms with E-state index in [9.17, 15) is 14.9 Å². The van der Waals surface area contributed by atoms with Crippen molar-refractivity contribution in [2.45, 2.75) is 19.9 Å². The van der Waals surface area contributed by atoms with Crippen LogP contribution in [0.2, 0.25) is 0 Å². The smallest absolute Gasteiger partial charge is 0.308 e. The predicted octanol–water partition coefficient (Wildman–Crippen LogP) is 2.12. The van der Waals surface area contributed by atoms with Gasteiger partial charge in [-0.3, -0.25) is 14.9 Å². The number of rotatable bonds is 5. The van der Waals surface area contributed by atoms with E-state index >= 15 is 0 Å². The number of hydrogen-bond acceptors (Lipinski definition) is 4. The van der Waals surface area contributed by atoms with Crippen molar-refractivity contribution in [3.05, 3.63) is 34.4 Å². The van der Waals surface area contributed by atoms with Crippen molar-refractivity contribution in [1.29, 1.82) is 0 Å². The molecule has 0 saturated carbocycles. The molecule has 0 radical (unpaired) electrons. The molecule has 0 aliphatic carbocycles. The molecule has 1 aromatic carbocycles. The highest BCUT2D eigenvalue weighted by molar-refractivity contribution is 5.71. The van der Waals surface area contributed by atoms with Crippen molar-refractivity contribution in [1.82, 2.24) is 0 Å². The number of nitrogens with one attached hydrogen (secondary N) is 1. The predicted molar refractivity (Wildman–Crippen MR) is 63.0 cm³/mol. The number of benzene rings is 1. The molecule has 0 spiro atoms. The third-order valence-corrected chi connectivity index (χ3v) is 2.59. The molecular weight excluding hydrogens is 224 g/mol. The van der Waals surface area contributed by atoms with E-state index in [1.807, 2.05) is 0 Å². The molecule has 17 heavy (non-hydrogen) atoms. The SMILES string of the molecule is CC(Nc1cccc([N+](=O)[O-])c1)C(C)C(=O)O. The van der Waals surface area contributed by atoms with Gasteiger partial charge in [0.1, 0.15) is 0 Å². The van der Waals surface area contributed by atoms with Crippen LogP contribution in [0.1, 0.15) is 13.8 Å². The second-order valence-corrected chi connectivity index (χ2v) is 3.87. The van der Waals surface area contributed by atoms with Crippen molar-refractivity contribution in [2.24, 2.45) is 5.92 Å². The van der Waals surface area contributed by atoms with Gasteiger partial charge >= 0.3 is 5.97 Å². The van der Waals surface area contributed by atoms with E-state index in [2.05, 4.69) is 5.32 Å². The van der Waals surface area contributed by atoms with E-state index in [-0.39, 0.29) is 11.7 Å². The van der Waals surface area contributed by atoms with Crippen molar-refractivity contribution < 1.29 is 14.8 Å². The van der Waals surface area contributed by atoms with Crippen LogP contribution in [0.15, 0.2) is 24.3 Å². The minimum atomic E-state index is -0.907. The Labute approximate surface area is 98.4 Å². The number of nitro benzene ring substituents is 1. The lowest BCUT2D eigenvalue weighted by molar-refractivity contribution is -0.384. The molecule has 0 aliphatic rings. The molecule has 0 amide bonds. The van der Waals surface area contributed by atoms with Crippen molar-refractivity contribution >= 4 is 17.3 Å². The summed E-state index contributed by atoms with van der Waals surface area (Å²) in [7, 11) is 0. The molecule has 0 bridgehead atoms. The fourth-order valence-corrected chi connectivity index (χ4v) is 1.31. The topological polar surface area (TPSA) is 92.5 Å². The third kappa shape index (κ3) is 3.44. The Morgan fingerprint density at radius 1 is 1.47 bits per heavy atom. The van der Waals surface area contributed by atoms with Crippen LogP contribution in [-0.4, -0.2) is 22.0 Å². The normalized spacial score (nSPS) is 13.8. The lowest BCUT2D eigenvalue weighted by Gasteiger charge is -2.18. The largest absolute Gasteiger partial charge is 0.481 e. The van der Waals surface area contributed by atoms with Gasteiger partial charge in [0.15, 0.2) is 0 Å². The molecule has 6 heteroatoms. The average Bonchev–Trinajstić information content (AvgIpc) is 2.28.